The lowest BCUT2D eigenvalue weighted by molar-refractivity contribution is 0.0650. The summed E-state index contributed by atoms with van der Waals surface area (Å²) in [6, 6.07) is 8.59. The molecule has 0 radical (unpaired) electrons. The molecule has 0 aliphatic carbocycles. The van der Waals surface area contributed by atoms with Gasteiger partial charge in [-0.25, -0.2) is 0 Å². The highest BCUT2D eigenvalue weighted by molar-refractivity contribution is 9.10. The van der Waals surface area contributed by atoms with E-state index in [2.05, 4.69) is 15.9 Å². The molecule has 6 heteroatoms. The van der Waals surface area contributed by atoms with E-state index in [1.807, 2.05) is 6.92 Å². The number of carbonyl (C=O) groups excluding carboxylic acids is 2. The highest BCUT2D eigenvalue weighted by atomic mass is 79.9. The van der Waals surface area contributed by atoms with Crippen LogP contribution in [-0.2, 0) is 6.54 Å². The first-order valence-corrected chi connectivity index (χ1v) is 8.10. The summed E-state index contributed by atoms with van der Waals surface area (Å²) in [6.07, 6.45) is 2.30. The molecule has 3 rings (SSSR count). The maximum Gasteiger partial charge on any atom is 0.264 e. The van der Waals surface area contributed by atoms with Gasteiger partial charge in [-0.1, -0.05) is 12.1 Å². The molecule has 0 bridgehead atoms. The van der Waals surface area contributed by atoms with Crippen molar-refractivity contribution >= 4 is 27.7 Å². The van der Waals surface area contributed by atoms with Crippen molar-refractivity contribution in [3.63, 3.8) is 0 Å². The van der Waals surface area contributed by atoms with E-state index in [1.54, 1.807) is 41.1 Å². The number of benzene rings is 1. The van der Waals surface area contributed by atoms with Crippen LogP contribution < -0.4 is 5.56 Å². The number of aromatic nitrogens is 1. The molecule has 1 aromatic heterocycles. The smallest absolute Gasteiger partial charge is 0.264 e. The molecule has 5 nitrogen and oxygen atoms in total. The largest absolute Gasteiger partial charge is 0.314 e. The molecule has 0 fully saturated rings. The molecule has 0 spiro atoms. The van der Waals surface area contributed by atoms with E-state index >= 15 is 0 Å². The van der Waals surface area contributed by atoms with Crippen LogP contribution in [0.1, 0.15) is 32.7 Å². The minimum atomic E-state index is -0.261. The van der Waals surface area contributed by atoms with Crippen LogP contribution in [0.25, 0.3) is 0 Å². The van der Waals surface area contributed by atoms with Gasteiger partial charge in [-0.15, -0.1) is 0 Å². The Kier molecular flexibility index (Phi) is 4.17. The van der Waals surface area contributed by atoms with Crippen LogP contribution in [-0.4, -0.2) is 27.8 Å². The molecule has 23 heavy (non-hydrogen) atoms. The molecule has 0 N–H and O–H groups in total. The number of imide groups is 1. The Morgan fingerprint density at radius 3 is 2.22 bits per heavy atom. The van der Waals surface area contributed by atoms with Crippen LogP contribution in [0.15, 0.2) is 45.8 Å². The van der Waals surface area contributed by atoms with Crippen LogP contribution in [0, 0.1) is 6.92 Å². The molecule has 2 amide bonds. The van der Waals surface area contributed by atoms with Gasteiger partial charge in [0.05, 0.1) is 15.6 Å². The topological polar surface area (TPSA) is 59.4 Å². The molecule has 2 aromatic rings. The van der Waals surface area contributed by atoms with E-state index in [1.165, 1.54) is 4.90 Å². The molecule has 0 saturated carbocycles. The van der Waals surface area contributed by atoms with Gasteiger partial charge >= 0.3 is 0 Å². The zero-order valence-electron chi connectivity index (χ0n) is 12.6. The number of aryl methyl sites for hydroxylation is 2. The molecular formula is C17H15BrN2O3. The zero-order chi connectivity index (χ0) is 16.6. The van der Waals surface area contributed by atoms with E-state index in [-0.39, 0.29) is 17.4 Å². The Balaban J connectivity index is 1.70. The lowest BCUT2D eigenvalue weighted by Crippen LogP contribution is -2.32. The second-order valence-electron chi connectivity index (χ2n) is 5.53. The summed E-state index contributed by atoms with van der Waals surface area (Å²) >= 11 is 3.24. The number of halogens is 1. The van der Waals surface area contributed by atoms with Crippen LogP contribution in [0.3, 0.4) is 0 Å². The summed E-state index contributed by atoms with van der Waals surface area (Å²) in [4.78, 5) is 37.8. The first-order valence-electron chi connectivity index (χ1n) is 7.31. The second kappa shape index (κ2) is 6.12. The number of carbonyl (C=O) groups is 2. The van der Waals surface area contributed by atoms with Gasteiger partial charge in [-0.3, -0.25) is 19.3 Å². The standard InChI is InChI=1S/C17H15BrN2O3/c1-11-9-14(18)17(23)19(10-11)7-4-8-20-15(21)12-5-2-3-6-13(12)16(20)22/h2-3,5-6,9-10H,4,7-8H2,1H3. The van der Waals surface area contributed by atoms with Gasteiger partial charge in [-0.05, 0) is 53.0 Å². The lowest BCUT2D eigenvalue weighted by Gasteiger charge is -2.14. The number of hydrogen-bond donors (Lipinski definition) is 0. The SMILES string of the molecule is Cc1cc(Br)c(=O)n(CCCN2C(=O)c3ccccc3C2=O)c1. The van der Waals surface area contributed by atoms with E-state index < -0.39 is 0 Å². The predicted octanol–water partition coefficient (Wildman–Crippen LogP) is 2.61. The maximum atomic E-state index is 12.3. The Labute approximate surface area is 141 Å². The Bertz CT molecular complexity index is 822. The van der Waals surface area contributed by atoms with Crippen molar-refractivity contribution in [3.05, 3.63) is 68.0 Å². The Morgan fingerprint density at radius 1 is 1.00 bits per heavy atom. The van der Waals surface area contributed by atoms with Gasteiger partial charge in [-0.2, -0.15) is 0 Å². The average molecular weight is 375 g/mol. The van der Waals surface area contributed by atoms with Crippen molar-refractivity contribution in [2.24, 2.45) is 0 Å². The summed E-state index contributed by atoms with van der Waals surface area (Å²) in [5, 5.41) is 0. The van der Waals surface area contributed by atoms with Crippen LogP contribution in [0.2, 0.25) is 0 Å². The van der Waals surface area contributed by atoms with Gasteiger partial charge in [0.1, 0.15) is 0 Å². The molecule has 1 aromatic carbocycles. The quantitative estimate of drug-likeness (QED) is 0.772. The van der Waals surface area contributed by atoms with E-state index in [0.717, 1.165) is 5.56 Å². The molecule has 1 aliphatic heterocycles. The third-order valence-electron chi connectivity index (χ3n) is 3.84. The van der Waals surface area contributed by atoms with Gasteiger partial charge in [0.2, 0.25) is 0 Å². The highest BCUT2D eigenvalue weighted by Gasteiger charge is 2.34. The Hall–Kier alpha value is -2.21. The summed E-state index contributed by atoms with van der Waals surface area (Å²) in [7, 11) is 0. The molecule has 0 unspecified atom stereocenters. The molecular weight excluding hydrogens is 360 g/mol. The maximum absolute atomic E-state index is 12.3. The number of fused-ring (bicyclic) bond motifs is 1. The molecule has 2 heterocycles. The molecule has 0 saturated heterocycles. The zero-order valence-corrected chi connectivity index (χ0v) is 14.2. The normalized spacial score (nSPS) is 13.6. The monoisotopic (exact) mass is 374 g/mol. The lowest BCUT2D eigenvalue weighted by atomic mass is 10.1. The fraction of sp³-hybridized carbons (Fsp3) is 0.235. The summed E-state index contributed by atoms with van der Waals surface area (Å²) in [5.74, 6) is -0.522. The van der Waals surface area contributed by atoms with Crippen molar-refractivity contribution in [3.8, 4) is 0 Å². The minimum Gasteiger partial charge on any atom is -0.314 e. The van der Waals surface area contributed by atoms with Crippen molar-refractivity contribution < 1.29 is 9.59 Å². The number of amides is 2. The fourth-order valence-electron chi connectivity index (χ4n) is 2.75. The average Bonchev–Trinajstić information content (AvgIpc) is 2.77. The first-order chi connectivity index (χ1) is 11.0. The van der Waals surface area contributed by atoms with E-state index in [0.29, 0.717) is 35.1 Å². The number of hydrogen-bond acceptors (Lipinski definition) is 3. The number of nitrogens with zero attached hydrogens (tertiary/aromatic N) is 2. The number of rotatable bonds is 4. The van der Waals surface area contributed by atoms with Crippen LogP contribution in [0.5, 0.6) is 0 Å². The molecule has 118 valence electrons. The minimum absolute atomic E-state index is 0.113. The van der Waals surface area contributed by atoms with Crippen molar-refractivity contribution in [1.82, 2.24) is 9.47 Å². The Morgan fingerprint density at radius 2 is 1.61 bits per heavy atom. The number of pyridine rings is 1. The van der Waals surface area contributed by atoms with Gasteiger partial charge in [0, 0.05) is 19.3 Å². The summed E-state index contributed by atoms with van der Waals surface area (Å²) < 4.78 is 2.11. The van der Waals surface area contributed by atoms with Crippen molar-refractivity contribution in [2.75, 3.05) is 6.54 Å². The molecule has 0 atom stereocenters. The third kappa shape index (κ3) is 2.86. The van der Waals surface area contributed by atoms with Gasteiger partial charge in [0.15, 0.2) is 0 Å². The van der Waals surface area contributed by atoms with E-state index in [4.69, 9.17) is 0 Å². The van der Waals surface area contributed by atoms with Crippen molar-refractivity contribution in [2.45, 2.75) is 19.9 Å². The summed E-state index contributed by atoms with van der Waals surface area (Å²) in [5.41, 5.74) is 1.76. The first kappa shape index (κ1) is 15.7. The van der Waals surface area contributed by atoms with Gasteiger partial charge < -0.3 is 4.57 Å². The summed E-state index contributed by atoms with van der Waals surface area (Å²) in [6.45, 7) is 2.65. The highest BCUT2D eigenvalue weighted by Crippen LogP contribution is 2.22. The second-order valence-corrected chi connectivity index (χ2v) is 6.38. The van der Waals surface area contributed by atoms with Crippen LogP contribution in [0.4, 0.5) is 0 Å². The van der Waals surface area contributed by atoms with Gasteiger partial charge in [0.25, 0.3) is 17.4 Å². The van der Waals surface area contributed by atoms with Crippen molar-refractivity contribution in [1.29, 1.82) is 0 Å². The predicted molar refractivity (Wildman–Crippen MR) is 89.6 cm³/mol. The van der Waals surface area contributed by atoms with Crippen LogP contribution >= 0.6 is 15.9 Å². The third-order valence-corrected chi connectivity index (χ3v) is 4.41. The van der Waals surface area contributed by atoms with E-state index in [9.17, 15) is 14.4 Å². The fourth-order valence-corrected chi connectivity index (χ4v) is 3.34. The molecule has 1 aliphatic rings.